The molecule has 0 spiro atoms. The summed E-state index contributed by atoms with van der Waals surface area (Å²) in [5, 5.41) is 8.70. The van der Waals surface area contributed by atoms with Gasteiger partial charge in [0.05, 0.1) is 12.8 Å². The molecule has 0 bridgehead atoms. The summed E-state index contributed by atoms with van der Waals surface area (Å²) in [6, 6.07) is 10.0. The Morgan fingerprint density at radius 3 is 2.43 bits per heavy atom. The van der Waals surface area contributed by atoms with Gasteiger partial charge >= 0.3 is 0 Å². The van der Waals surface area contributed by atoms with E-state index < -0.39 is 6.04 Å². The van der Waals surface area contributed by atoms with Crippen molar-refractivity contribution in [3.63, 3.8) is 0 Å². The molecule has 1 atom stereocenters. The predicted molar refractivity (Wildman–Crippen MR) is 117 cm³/mol. The first-order valence-corrected chi connectivity index (χ1v) is 9.70. The first-order chi connectivity index (χ1) is 14.3. The van der Waals surface area contributed by atoms with Crippen LogP contribution in [0.2, 0.25) is 0 Å². The van der Waals surface area contributed by atoms with Gasteiger partial charge in [0.15, 0.2) is 11.5 Å². The molecule has 2 amide bonds. The summed E-state index contributed by atoms with van der Waals surface area (Å²) in [5.74, 6) is 0.920. The molecule has 0 fully saturated rings. The lowest BCUT2D eigenvalue weighted by Crippen LogP contribution is -2.32. The van der Waals surface area contributed by atoms with Crippen molar-refractivity contribution in [3.05, 3.63) is 42.3 Å². The van der Waals surface area contributed by atoms with Crippen LogP contribution >= 0.6 is 0 Å². The van der Waals surface area contributed by atoms with Crippen molar-refractivity contribution < 1.29 is 18.7 Å². The molecule has 1 aromatic heterocycles. The third-order valence-electron chi connectivity index (χ3n) is 4.45. The smallest absolute Gasteiger partial charge is 0.246 e. The molecule has 3 N–H and O–H groups in total. The van der Waals surface area contributed by atoms with Gasteiger partial charge in [0.2, 0.25) is 11.8 Å². The monoisotopic (exact) mass is 410 g/mol. The second-order valence-electron chi connectivity index (χ2n) is 7.34. The Bertz CT molecular complexity index is 1070. The number of anilines is 3. The van der Waals surface area contributed by atoms with Crippen LogP contribution in [-0.4, -0.2) is 29.9 Å². The Kier molecular flexibility index (Phi) is 6.25. The molecule has 0 aliphatic carbocycles. The van der Waals surface area contributed by atoms with Gasteiger partial charge in [-0.2, -0.15) is 0 Å². The Balaban J connectivity index is 1.73. The summed E-state index contributed by atoms with van der Waals surface area (Å²) in [6.45, 7) is 7.22. The van der Waals surface area contributed by atoms with E-state index in [-0.39, 0.29) is 17.7 Å². The topological polar surface area (TPSA) is 105 Å². The van der Waals surface area contributed by atoms with Crippen LogP contribution in [0.15, 0.2) is 40.8 Å². The van der Waals surface area contributed by atoms with Crippen LogP contribution in [0.3, 0.4) is 0 Å². The number of benzene rings is 2. The largest absolute Gasteiger partial charge is 0.495 e. The van der Waals surface area contributed by atoms with E-state index in [4.69, 9.17) is 9.15 Å². The van der Waals surface area contributed by atoms with E-state index in [2.05, 4.69) is 20.9 Å². The molecule has 0 saturated heterocycles. The molecule has 3 aromatic rings. The Morgan fingerprint density at radius 2 is 1.77 bits per heavy atom. The van der Waals surface area contributed by atoms with Gasteiger partial charge in [-0.1, -0.05) is 13.8 Å². The third-order valence-corrected chi connectivity index (χ3v) is 4.45. The minimum atomic E-state index is -0.534. The van der Waals surface area contributed by atoms with Crippen molar-refractivity contribution in [2.24, 2.45) is 0 Å². The molecule has 1 unspecified atom stereocenters. The van der Waals surface area contributed by atoms with Gasteiger partial charge < -0.3 is 25.1 Å². The second kappa shape index (κ2) is 8.86. The standard InChI is InChI=1S/C22H26N4O4/c1-12(2)22-26-18-10-15(7-9-20(18)30-22)23-13(3)21(28)25-17-11-16(24-14(4)27)6-8-19(17)29-5/h6-13,23H,1-5H3,(H,24,27)(H,25,28). The number of oxazole rings is 1. The molecule has 8 heteroatoms. The quantitative estimate of drug-likeness (QED) is 0.535. The molecule has 2 aromatic carbocycles. The van der Waals surface area contributed by atoms with Crippen LogP contribution in [0.25, 0.3) is 11.1 Å². The molecular formula is C22H26N4O4. The summed E-state index contributed by atoms with van der Waals surface area (Å²) >= 11 is 0. The van der Waals surface area contributed by atoms with E-state index >= 15 is 0 Å². The average molecular weight is 410 g/mol. The fourth-order valence-electron chi connectivity index (χ4n) is 2.93. The normalized spacial score (nSPS) is 11.9. The third kappa shape index (κ3) is 4.89. The molecule has 0 saturated carbocycles. The van der Waals surface area contributed by atoms with Crippen LogP contribution in [0, 0.1) is 0 Å². The Hall–Kier alpha value is -3.55. The summed E-state index contributed by atoms with van der Waals surface area (Å²) in [5.41, 5.74) is 3.24. The van der Waals surface area contributed by atoms with Crippen molar-refractivity contribution in [1.29, 1.82) is 0 Å². The SMILES string of the molecule is COc1ccc(NC(C)=O)cc1NC(=O)C(C)Nc1ccc2oc(C(C)C)nc2c1. The summed E-state index contributed by atoms with van der Waals surface area (Å²) < 4.78 is 11.0. The molecule has 158 valence electrons. The van der Waals surface area contributed by atoms with Crippen LogP contribution in [0.4, 0.5) is 17.1 Å². The van der Waals surface area contributed by atoms with Crippen molar-refractivity contribution in [2.45, 2.75) is 39.7 Å². The van der Waals surface area contributed by atoms with Gasteiger partial charge in [-0.3, -0.25) is 9.59 Å². The number of amides is 2. The van der Waals surface area contributed by atoms with E-state index in [1.54, 1.807) is 25.1 Å². The lowest BCUT2D eigenvalue weighted by atomic mass is 10.2. The zero-order chi connectivity index (χ0) is 21.8. The van der Waals surface area contributed by atoms with E-state index in [0.717, 1.165) is 11.2 Å². The maximum Gasteiger partial charge on any atom is 0.246 e. The number of carbonyl (C=O) groups is 2. The zero-order valence-electron chi connectivity index (χ0n) is 17.7. The number of nitrogens with one attached hydrogen (secondary N) is 3. The summed E-state index contributed by atoms with van der Waals surface area (Å²) in [7, 11) is 1.52. The maximum absolute atomic E-state index is 12.7. The fourth-order valence-corrected chi connectivity index (χ4v) is 2.93. The summed E-state index contributed by atoms with van der Waals surface area (Å²) in [6.07, 6.45) is 0. The van der Waals surface area contributed by atoms with E-state index in [1.165, 1.54) is 14.0 Å². The van der Waals surface area contributed by atoms with Crippen molar-refractivity contribution in [3.8, 4) is 5.75 Å². The molecule has 8 nitrogen and oxygen atoms in total. The van der Waals surface area contributed by atoms with Crippen LogP contribution in [-0.2, 0) is 9.59 Å². The minimum Gasteiger partial charge on any atom is -0.495 e. The number of carbonyl (C=O) groups excluding carboxylic acids is 2. The van der Waals surface area contributed by atoms with Crippen molar-refractivity contribution in [2.75, 3.05) is 23.1 Å². The number of hydrogen-bond acceptors (Lipinski definition) is 6. The Morgan fingerprint density at radius 1 is 1.03 bits per heavy atom. The highest BCUT2D eigenvalue weighted by molar-refractivity contribution is 5.99. The number of rotatable bonds is 7. The van der Waals surface area contributed by atoms with Gasteiger partial charge in [0.1, 0.15) is 17.3 Å². The first kappa shape index (κ1) is 21.2. The molecule has 3 rings (SSSR count). The first-order valence-electron chi connectivity index (χ1n) is 9.70. The molecular weight excluding hydrogens is 384 g/mol. The van der Waals surface area contributed by atoms with Gasteiger partial charge in [0, 0.05) is 24.2 Å². The van der Waals surface area contributed by atoms with Crippen molar-refractivity contribution in [1.82, 2.24) is 4.98 Å². The van der Waals surface area contributed by atoms with Crippen LogP contribution in [0.5, 0.6) is 5.75 Å². The highest BCUT2D eigenvalue weighted by atomic mass is 16.5. The number of aromatic nitrogens is 1. The number of fused-ring (bicyclic) bond motifs is 1. The van der Waals surface area contributed by atoms with E-state index in [1.807, 2.05) is 32.0 Å². The lowest BCUT2D eigenvalue weighted by molar-refractivity contribution is -0.116. The zero-order valence-corrected chi connectivity index (χ0v) is 17.7. The second-order valence-corrected chi connectivity index (χ2v) is 7.34. The predicted octanol–water partition coefficient (Wildman–Crippen LogP) is 4.36. The summed E-state index contributed by atoms with van der Waals surface area (Å²) in [4.78, 5) is 28.5. The van der Waals surface area contributed by atoms with E-state index in [0.29, 0.717) is 28.6 Å². The lowest BCUT2D eigenvalue weighted by Gasteiger charge is -2.17. The fraction of sp³-hybridized carbons (Fsp3) is 0.318. The van der Waals surface area contributed by atoms with E-state index in [9.17, 15) is 9.59 Å². The molecule has 30 heavy (non-hydrogen) atoms. The number of ether oxygens (including phenoxy) is 1. The Labute approximate surface area is 175 Å². The van der Waals surface area contributed by atoms with Crippen LogP contribution in [0.1, 0.15) is 39.5 Å². The van der Waals surface area contributed by atoms with Gasteiger partial charge in [-0.15, -0.1) is 0 Å². The number of methoxy groups -OCH3 is 1. The minimum absolute atomic E-state index is 0.196. The van der Waals surface area contributed by atoms with Crippen LogP contribution < -0.4 is 20.7 Å². The average Bonchev–Trinajstić information content (AvgIpc) is 3.11. The molecule has 1 heterocycles. The van der Waals surface area contributed by atoms with Gasteiger partial charge in [0.25, 0.3) is 0 Å². The number of nitrogens with zero attached hydrogens (tertiary/aromatic N) is 1. The molecule has 0 radical (unpaired) electrons. The van der Waals surface area contributed by atoms with Gasteiger partial charge in [-0.05, 0) is 43.3 Å². The maximum atomic E-state index is 12.7. The highest BCUT2D eigenvalue weighted by Crippen LogP contribution is 2.28. The molecule has 0 aliphatic rings. The molecule has 0 aliphatic heterocycles. The van der Waals surface area contributed by atoms with Crippen molar-refractivity contribution >= 4 is 40.0 Å². The number of hydrogen-bond donors (Lipinski definition) is 3. The highest BCUT2D eigenvalue weighted by Gasteiger charge is 2.17. The van der Waals surface area contributed by atoms with Gasteiger partial charge in [-0.25, -0.2) is 4.98 Å².